The highest BCUT2D eigenvalue weighted by Crippen LogP contribution is 2.22. The number of nitrogens with one attached hydrogen (secondary N) is 1. The summed E-state index contributed by atoms with van der Waals surface area (Å²) in [6.45, 7) is 5.51. The smallest absolute Gasteiger partial charge is 0.409 e. The number of hydrogen-bond donors (Lipinski definition) is 1. The van der Waals surface area contributed by atoms with Gasteiger partial charge in [0.15, 0.2) is 6.04 Å². The van der Waals surface area contributed by atoms with E-state index in [1.165, 1.54) is 19.3 Å². The van der Waals surface area contributed by atoms with Gasteiger partial charge in [0.1, 0.15) is 5.60 Å². The van der Waals surface area contributed by atoms with Gasteiger partial charge in [0.2, 0.25) is 0 Å². The Bertz CT molecular complexity index is 674. The van der Waals surface area contributed by atoms with Crippen LogP contribution in [-0.4, -0.2) is 17.7 Å². The van der Waals surface area contributed by atoms with Crippen molar-refractivity contribution in [3.63, 3.8) is 0 Å². The Balaban J connectivity index is 2.09. The summed E-state index contributed by atoms with van der Waals surface area (Å²) >= 11 is 0. The molecule has 0 spiro atoms. The summed E-state index contributed by atoms with van der Waals surface area (Å²) in [6.07, 6.45) is 5.55. The number of carbonyl (C=O) groups excluding carboxylic acids is 1. The number of rotatable bonds is 1. The highest BCUT2D eigenvalue weighted by Gasteiger charge is 2.18. The first kappa shape index (κ1) is 18.9. The Kier molecular flexibility index (Phi) is 6.96. The lowest BCUT2D eigenvalue weighted by Gasteiger charge is -2.20. The van der Waals surface area contributed by atoms with Gasteiger partial charge in [-0.1, -0.05) is 61.1 Å². The highest BCUT2D eigenvalue weighted by molar-refractivity contribution is 5.69. The maximum Gasteiger partial charge on any atom is 0.409 e. The number of amides is 1. The van der Waals surface area contributed by atoms with Gasteiger partial charge in [-0.2, -0.15) is 0 Å². The fourth-order valence-corrected chi connectivity index (χ4v) is 2.66. The molecule has 0 aromatic heterocycles. The summed E-state index contributed by atoms with van der Waals surface area (Å²) < 4.78 is 5.33. The van der Waals surface area contributed by atoms with Crippen LogP contribution in [0.2, 0.25) is 0 Å². The minimum absolute atomic E-state index is 0.412. The second-order valence-electron chi connectivity index (χ2n) is 7.34. The Labute approximate surface area is 151 Å². The molecular formula is C22H27NO2. The molecule has 1 N–H and O–H groups in total. The Morgan fingerprint density at radius 2 is 1.80 bits per heavy atom. The fourth-order valence-electron chi connectivity index (χ4n) is 2.66. The minimum atomic E-state index is -0.543. The van der Waals surface area contributed by atoms with Crippen LogP contribution in [0.25, 0.3) is 0 Å². The molecule has 1 aromatic rings. The molecule has 2 rings (SSSR count). The van der Waals surface area contributed by atoms with Gasteiger partial charge in [-0.05, 0) is 45.7 Å². The topological polar surface area (TPSA) is 38.3 Å². The number of benzene rings is 1. The van der Waals surface area contributed by atoms with Crippen LogP contribution in [0, 0.1) is 29.6 Å². The number of carbonyl (C=O) groups is 1. The second-order valence-corrected chi connectivity index (χ2v) is 7.34. The Morgan fingerprint density at radius 1 is 1.12 bits per heavy atom. The lowest BCUT2D eigenvalue weighted by molar-refractivity contribution is 0.0525. The van der Waals surface area contributed by atoms with Crippen molar-refractivity contribution >= 4 is 6.09 Å². The molecule has 1 aromatic carbocycles. The van der Waals surface area contributed by atoms with Crippen LogP contribution in [0.15, 0.2) is 30.3 Å². The van der Waals surface area contributed by atoms with Crippen molar-refractivity contribution in [2.75, 3.05) is 0 Å². The monoisotopic (exact) mass is 337 g/mol. The van der Waals surface area contributed by atoms with Crippen LogP contribution in [0.4, 0.5) is 4.79 Å². The maximum atomic E-state index is 12.1. The van der Waals surface area contributed by atoms with Crippen molar-refractivity contribution in [2.45, 2.75) is 64.5 Å². The lowest BCUT2D eigenvalue weighted by Crippen LogP contribution is -2.38. The van der Waals surface area contributed by atoms with Crippen molar-refractivity contribution in [1.82, 2.24) is 5.32 Å². The van der Waals surface area contributed by atoms with Gasteiger partial charge in [-0.3, -0.25) is 5.32 Å². The standard InChI is InChI=1S/C22H27NO2/c1-22(2,3)25-21(24)23-20(16-14-18-10-6-4-7-11-18)17-15-19-12-8-5-9-13-19/h4,6-7,10-11,19-20H,5,8-9,12-13H2,1-3H3,(H,23,24). The average Bonchev–Trinajstić information content (AvgIpc) is 2.57. The molecule has 1 amide bonds. The third kappa shape index (κ3) is 7.81. The van der Waals surface area contributed by atoms with Crippen molar-refractivity contribution < 1.29 is 9.53 Å². The largest absolute Gasteiger partial charge is 0.444 e. The van der Waals surface area contributed by atoms with E-state index >= 15 is 0 Å². The van der Waals surface area contributed by atoms with E-state index in [2.05, 4.69) is 29.0 Å². The second kappa shape index (κ2) is 9.19. The SMILES string of the molecule is CC(C)(C)OC(=O)NC(C#Cc1ccccc1)C#CC1CCCCC1. The fraction of sp³-hybridized carbons (Fsp3) is 0.500. The molecule has 3 heteroatoms. The van der Waals surface area contributed by atoms with Gasteiger partial charge in [0.25, 0.3) is 0 Å². The molecule has 0 radical (unpaired) electrons. The zero-order chi connectivity index (χ0) is 18.1. The molecule has 0 bridgehead atoms. The molecule has 0 heterocycles. The maximum absolute atomic E-state index is 12.1. The van der Waals surface area contributed by atoms with Gasteiger partial charge in [0, 0.05) is 11.5 Å². The van der Waals surface area contributed by atoms with Gasteiger partial charge in [0.05, 0.1) is 0 Å². The summed E-state index contributed by atoms with van der Waals surface area (Å²) in [5, 5.41) is 2.78. The van der Waals surface area contributed by atoms with Crippen LogP contribution in [0.1, 0.15) is 58.4 Å². The zero-order valence-corrected chi connectivity index (χ0v) is 15.4. The molecule has 1 atom stereocenters. The molecule has 0 saturated heterocycles. The van der Waals surface area contributed by atoms with E-state index in [0.717, 1.165) is 18.4 Å². The van der Waals surface area contributed by atoms with E-state index in [1.807, 2.05) is 51.1 Å². The molecule has 0 aliphatic heterocycles. The summed E-state index contributed by atoms with van der Waals surface area (Å²) in [7, 11) is 0. The predicted molar refractivity (Wildman–Crippen MR) is 101 cm³/mol. The first-order chi connectivity index (χ1) is 11.9. The van der Waals surface area contributed by atoms with Crippen LogP contribution >= 0.6 is 0 Å². The van der Waals surface area contributed by atoms with Crippen molar-refractivity contribution in [2.24, 2.45) is 5.92 Å². The predicted octanol–water partition coefficient (Wildman–Crippen LogP) is 4.52. The molecule has 3 nitrogen and oxygen atoms in total. The van der Waals surface area contributed by atoms with Crippen molar-refractivity contribution in [1.29, 1.82) is 0 Å². The van der Waals surface area contributed by atoms with Crippen LogP contribution < -0.4 is 5.32 Å². The molecule has 1 unspecified atom stereocenters. The van der Waals surface area contributed by atoms with Gasteiger partial charge in [-0.25, -0.2) is 4.79 Å². The number of ether oxygens (including phenoxy) is 1. The van der Waals surface area contributed by atoms with E-state index < -0.39 is 17.7 Å². The number of hydrogen-bond acceptors (Lipinski definition) is 2. The van der Waals surface area contributed by atoms with Crippen LogP contribution in [0.3, 0.4) is 0 Å². The minimum Gasteiger partial charge on any atom is -0.444 e. The molecule has 25 heavy (non-hydrogen) atoms. The van der Waals surface area contributed by atoms with E-state index in [9.17, 15) is 4.79 Å². The molecule has 132 valence electrons. The van der Waals surface area contributed by atoms with Crippen molar-refractivity contribution in [3.8, 4) is 23.7 Å². The van der Waals surface area contributed by atoms with Gasteiger partial charge in [-0.15, -0.1) is 0 Å². The summed E-state index contributed by atoms with van der Waals surface area (Å²) in [6, 6.07) is 9.17. The molecule has 1 fully saturated rings. The number of alkyl carbamates (subject to hydrolysis) is 1. The summed E-state index contributed by atoms with van der Waals surface area (Å²) in [5.74, 6) is 13.0. The molecule has 1 aliphatic rings. The molecular weight excluding hydrogens is 310 g/mol. The third-order valence-electron chi connectivity index (χ3n) is 3.83. The Morgan fingerprint density at radius 3 is 2.44 bits per heavy atom. The normalized spacial score (nSPS) is 15.8. The first-order valence-electron chi connectivity index (χ1n) is 8.99. The van der Waals surface area contributed by atoms with Gasteiger partial charge < -0.3 is 4.74 Å². The van der Waals surface area contributed by atoms with E-state index in [-0.39, 0.29) is 0 Å². The van der Waals surface area contributed by atoms with Gasteiger partial charge >= 0.3 is 6.09 Å². The lowest BCUT2D eigenvalue weighted by atomic mass is 9.90. The summed E-state index contributed by atoms with van der Waals surface area (Å²) in [5.41, 5.74) is 0.358. The van der Waals surface area contributed by atoms with E-state index in [0.29, 0.717) is 5.92 Å². The molecule has 1 aliphatic carbocycles. The van der Waals surface area contributed by atoms with E-state index in [1.54, 1.807) is 0 Å². The third-order valence-corrected chi connectivity index (χ3v) is 3.83. The van der Waals surface area contributed by atoms with Crippen molar-refractivity contribution in [3.05, 3.63) is 35.9 Å². The first-order valence-corrected chi connectivity index (χ1v) is 8.99. The van der Waals surface area contributed by atoms with Crippen LogP contribution in [0.5, 0.6) is 0 Å². The average molecular weight is 337 g/mol. The summed E-state index contributed by atoms with van der Waals surface area (Å²) in [4.78, 5) is 12.1. The van der Waals surface area contributed by atoms with Crippen LogP contribution in [-0.2, 0) is 4.74 Å². The zero-order valence-electron chi connectivity index (χ0n) is 15.4. The Hall–Kier alpha value is -2.39. The quantitative estimate of drug-likeness (QED) is 0.766. The molecule has 1 saturated carbocycles. The highest BCUT2D eigenvalue weighted by atomic mass is 16.6. The van der Waals surface area contributed by atoms with E-state index in [4.69, 9.17) is 4.74 Å².